The zero-order chi connectivity index (χ0) is 21.0. The molecule has 2 aromatic rings. The molecule has 0 radical (unpaired) electrons. The van der Waals surface area contributed by atoms with Gasteiger partial charge in [-0.25, -0.2) is 4.79 Å². The minimum absolute atomic E-state index is 0.103. The van der Waals surface area contributed by atoms with E-state index in [2.05, 4.69) is 5.32 Å². The third kappa shape index (κ3) is 5.28. The summed E-state index contributed by atoms with van der Waals surface area (Å²) >= 11 is 0. The van der Waals surface area contributed by atoms with Gasteiger partial charge in [-0.15, -0.1) is 0 Å². The lowest BCUT2D eigenvalue weighted by molar-refractivity contribution is -0.148. The minimum atomic E-state index is -4.43. The fourth-order valence-corrected chi connectivity index (χ4v) is 2.43. The van der Waals surface area contributed by atoms with Crippen molar-refractivity contribution in [2.75, 3.05) is 12.1 Å². The van der Waals surface area contributed by atoms with Gasteiger partial charge < -0.3 is 19.5 Å². The van der Waals surface area contributed by atoms with E-state index in [4.69, 9.17) is 14.2 Å². The number of benzene rings is 2. The number of ether oxygens (including phenoxy) is 3. The number of nitrogens with one attached hydrogen (secondary N) is 1. The Balaban J connectivity index is 1.53. The quantitative estimate of drug-likeness (QED) is 0.599. The third-order valence-electron chi connectivity index (χ3n) is 3.95. The Labute approximate surface area is 163 Å². The molecule has 0 saturated carbocycles. The monoisotopic (exact) mass is 407 g/mol. The second-order valence-corrected chi connectivity index (χ2v) is 6.09. The molecule has 0 aromatic heterocycles. The van der Waals surface area contributed by atoms with Gasteiger partial charge in [-0.1, -0.05) is 12.1 Å². The van der Waals surface area contributed by atoms with E-state index in [1.165, 1.54) is 25.1 Å². The summed E-state index contributed by atoms with van der Waals surface area (Å²) in [7, 11) is 0. The van der Waals surface area contributed by atoms with E-state index in [1.54, 1.807) is 18.2 Å². The van der Waals surface area contributed by atoms with E-state index < -0.39 is 29.7 Å². The molecule has 1 aliphatic rings. The predicted octanol–water partition coefficient (Wildman–Crippen LogP) is 4.02. The van der Waals surface area contributed by atoms with Gasteiger partial charge in [-0.05, 0) is 42.8 Å². The van der Waals surface area contributed by atoms with Crippen molar-refractivity contribution in [3.63, 3.8) is 0 Å². The lowest BCUT2D eigenvalue weighted by Gasteiger charge is -2.12. The fraction of sp³-hybridized carbons (Fsp3) is 0.200. The van der Waals surface area contributed by atoms with E-state index in [9.17, 15) is 22.8 Å². The molecule has 2 aromatic carbocycles. The molecule has 152 valence electrons. The summed E-state index contributed by atoms with van der Waals surface area (Å²) in [5.41, 5.74) is 0.0425. The van der Waals surface area contributed by atoms with Crippen LogP contribution in [0.4, 0.5) is 18.9 Å². The molecular weight excluding hydrogens is 391 g/mol. The predicted molar refractivity (Wildman–Crippen MR) is 97.2 cm³/mol. The van der Waals surface area contributed by atoms with Crippen LogP contribution in [-0.4, -0.2) is 24.8 Å². The summed E-state index contributed by atoms with van der Waals surface area (Å²) in [5.74, 6) is -0.304. The van der Waals surface area contributed by atoms with Crippen molar-refractivity contribution < 1.29 is 37.0 Å². The Morgan fingerprint density at radius 2 is 1.79 bits per heavy atom. The number of esters is 1. The van der Waals surface area contributed by atoms with Crippen LogP contribution in [0.15, 0.2) is 48.5 Å². The van der Waals surface area contributed by atoms with Crippen LogP contribution in [0, 0.1) is 0 Å². The maximum Gasteiger partial charge on any atom is 0.416 e. The molecule has 0 spiro atoms. The van der Waals surface area contributed by atoms with Crippen molar-refractivity contribution in [2.24, 2.45) is 0 Å². The number of amides is 1. The Morgan fingerprint density at radius 3 is 2.48 bits per heavy atom. The number of halogens is 3. The Hall–Kier alpha value is -3.49. The standard InChI is InChI=1S/C20H16F3NO5/c1-12(19(26)24-15-7-8-16-17(10-15)28-11-27-16)29-18(25)9-4-13-2-5-14(6-3-13)20(21,22)23/h2-10,12H,11H2,1H3,(H,24,26)/b9-4+/t12-/m1/s1. The van der Waals surface area contributed by atoms with Gasteiger partial charge in [0.1, 0.15) is 0 Å². The first-order chi connectivity index (χ1) is 13.7. The first-order valence-electron chi connectivity index (χ1n) is 8.49. The van der Waals surface area contributed by atoms with Crippen LogP contribution < -0.4 is 14.8 Å². The molecule has 0 bridgehead atoms. The minimum Gasteiger partial charge on any atom is -0.454 e. The molecule has 9 heteroatoms. The number of rotatable bonds is 5. The second kappa shape index (κ2) is 8.26. The van der Waals surface area contributed by atoms with Crippen LogP contribution in [0.1, 0.15) is 18.1 Å². The smallest absolute Gasteiger partial charge is 0.416 e. The highest BCUT2D eigenvalue weighted by Gasteiger charge is 2.29. The lowest BCUT2D eigenvalue weighted by Crippen LogP contribution is -2.29. The fourth-order valence-electron chi connectivity index (χ4n) is 2.43. The molecule has 0 fully saturated rings. The van der Waals surface area contributed by atoms with E-state index >= 15 is 0 Å². The largest absolute Gasteiger partial charge is 0.454 e. The van der Waals surface area contributed by atoms with Gasteiger partial charge in [-0.3, -0.25) is 4.79 Å². The molecule has 1 atom stereocenters. The first kappa shape index (κ1) is 20.2. The zero-order valence-electron chi connectivity index (χ0n) is 15.2. The topological polar surface area (TPSA) is 73.9 Å². The lowest BCUT2D eigenvalue weighted by atomic mass is 10.1. The Kier molecular flexibility index (Phi) is 5.76. The van der Waals surface area contributed by atoms with Gasteiger partial charge >= 0.3 is 12.1 Å². The maximum absolute atomic E-state index is 12.5. The van der Waals surface area contributed by atoms with Crippen LogP contribution >= 0.6 is 0 Å². The van der Waals surface area contributed by atoms with Gasteiger partial charge in [0.05, 0.1) is 5.56 Å². The van der Waals surface area contributed by atoms with Crippen molar-refractivity contribution in [1.82, 2.24) is 0 Å². The molecule has 0 saturated heterocycles. The number of hydrogen-bond donors (Lipinski definition) is 1. The average molecular weight is 407 g/mol. The van der Waals surface area contributed by atoms with Crippen LogP contribution in [0.5, 0.6) is 11.5 Å². The highest BCUT2D eigenvalue weighted by Crippen LogP contribution is 2.34. The van der Waals surface area contributed by atoms with Gasteiger partial charge in [0.2, 0.25) is 6.79 Å². The molecule has 6 nitrogen and oxygen atoms in total. The number of anilines is 1. The van der Waals surface area contributed by atoms with E-state index in [1.807, 2.05) is 0 Å². The number of carbonyl (C=O) groups is 2. The normalized spacial score (nSPS) is 13.9. The summed E-state index contributed by atoms with van der Waals surface area (Å²) < 4.78 is 53.0. The molecule has 1 aliphatic heterocycles. The van der Waals surface area contributed by atoms with Gasteiger partial charge in [0.25, 0.3) is 5.91 Å². The Morgan fingerprint density at radius 1 is 1.10 bits per heavy atom. The summed E-state index contributed by atoms with van der Waals surface area (Å²) in [5, 5.41) is 2.59. The third-order valence-corrected chi connectivity index (χ3v) is 3.95. The zero-order valence-corrected chi connectivity index (χ0v) is 15.2. The van der Waals surface area contributed by atoms with Crippen LogP contribution in [0.2, 0.25) is 0 Å². The van der Waals surface area contributed by atoms with Crippen molar-refractivity contribution >= 4 is 23.6 Å². The van der Waals surface area contributed by atoms with E-state index in [0.29, 0.717) is 22.7 Å². The molecule has 1 N–H and O–H groups in total. The molecule has 3 rings (SSSR count). The highest BCUT2D eigenvalue weighted by molar-refractivity contribution is 5.96. The summed E-state index contributed by atoms with van der Waals surface area (Å²) in [4.78, 5) is 24.0. The van der Waals surface area contributed by atoms with Crippen molar-refractivity contribution in [2.45, 2.75) is 19.2 Å². The summed E-state index contributed by atoms with van der Waals surface area (Å²) in [6.45, 7) is 1.50. The molecule has 1 heterocycles. The number of hydrogen-bond acceptors (Lipinski definition) is 5. The maximum atomic E-state index is 12.5. The van der Waals surface area contributed by atoms with E-state index in [0.717, 1.165) is 18.2 Å². The second-order valence-electron chi connectivity index (χ2n) is 6.09. The first-order valence-corrected chi connectivity index (χ1v) is 8.49. The van der Waals surface area contributed by atoms with Crippen molar-refractivity contribution in [3.05, 3.63) is 59.7 Å². The van der Waals surface area contributed by atoms with Crippen LogP contribution in [0.3, 0.4) is 0 Å². The van der Waals surface area contributed by atoms with Crippen LogP contribution in [-0.2, 0) is 20.5 Å². The molecule has 29 heavy (non-hydrogen) atoms. The number of fused-ring (bicyclic) bond motifs is 1. The molecule has 0 aliphatic carbocycles. The van der Waals surface area contributed by atoms with Crippen LogP contribution in [0.25, 0.3) is 6.08 Å². The highest BCUT2D eigenvalue weighted by atomic mass is 19.4. The van der Waals surface area contributed by atoms with Crippen molar-refractivity contribution in [3.8, 4) is 11.5 Å². The molecular formula is C20H16F3NO5. The number of alkyl halides is 3. The van der Waals surface area contributed by atoms with Gasteiger partial charge in [0, 0.05) is 17.8 Å². The van der Waals surface area contributed by atoms with Gasteiger partial charge in [-0.2, -0.15) is 13.2 Å². The molecule has 1 amide bonds. The number of carbonyl (C=O) groups excluding carboxylic acids is 2. The summed E-state index contributed by atoms with van der Waals surface area (Å²) in [6, 6.07) is 9.11. The summed E-state index contributed by atoms with van der Waals surface area (Å²) in [6.07, 6.45) is -3.19. The Bertz CT molecular complexity index is 938. The van der Waals surface area contributed by atoms with E-state index in [-0.39, 0.29) is 6.79 Å². The SMILES string of the molecule is C[C@@H](OC(=O)/C=C/c1ccc(C(F)(F)F)cc1)C(=O)Nc1ccc2c(c1)OCO2. The van der Waals surface area contributed by atoms with Crippen molar-refractivity contribution in [1.29, 1.82) is 0 Å². The van der Waals surface area contributed by atoms with Gasteiger partial charge in [0.15, 0.2) is 17.6 Å². The molecule has 0 unspecified atom stereocenters. The average Bonchev–Trinajstić information content (AvgIpc) is 3.13.